The van der Waals surface area contributed by atoms with Crippen molar-refractivity contribution in [1.29, 1.82) is 0 Å². The van der Waals surface area contributed by atoms with Gasteiger partial charge in [-0.05, 0) is 49.8 Å². The number of fused-ring (bicyclic) bond motifs is 5. The predicted molar refractivity (Wildman–Crippen MR) is 133 cm³/mol. The fourth-order valence-electron chi connectivity index (χ4n) is 5.10. The average molecular weight is 503 g/mol. The Kier molecular flexibility index (Phi) is 8.35. The van der Waals surface area contributed by atoms with Crippen molar-refractivity contribution in [3.05, 3.63) is 29.3 Å². The van der Waals surface area contributed by atoms with Crippen LogP contribution in [-0.2, 0) is 9.53 Å². The van der Waals surface area contributed by atoms with E-state index in [2.05, 4.69) is 29.8 Å². The van der Waals surface area contributed by atoms with Crippen molar-refractivity contribution < 1.29 is 29.0 Å². The van der Waals surface area contributed by atoms with Crippen molar-refractivity contribution in [3.63, 3.8) is 0 Å². The van der Waals surface area contributed by atoms with Gasteiger partial charge in [0.25, 0.3) is 5.91 Å². The molecule has 198 valence electrons. The summed E-state index contributed by atoms with van der Waals surface area (Å²) in [5.74, 6) is 0.150. The highest BCUT2D eigenvalue weighted by atomic mass is 16.5. The monoisotopic (exact) mass is 502 g/mol. The van der Waals surface area contributed by atoms with Crippen LogP contribution in [0.5, 0.6) is 5.75 Å². The lowest BCUT2D eigenvalue weighted by Gasteiger charge is -2.34. The molecule has 5 atom stereocenters. The lowest BCUT2D eigenvalue weighted by molar-refractivity contribution is -0.133. The molecule has 0 radical (unpaired) electrons. The molecule has 0 aliphatic carbocycles. The van der Waals surface area contributed by atoms with Crippen molar-refractivity contribution in [2.45, 2.75) is 82.8 Å². The van der Waals surface area contributed by atoms with E-state index in [0.717, 1.165) is 5.56 Å². The number of carbonyl (C=O) groups excluding carboxylic acids is 3. The smallest absolute Gasteiger partial charge is 0.318 e. The predicted octanol–water partition coefficient (Wildman–Crippen LogP) is 1.52. The summed E-state index contributed by atoms with van der Waals surface area (Å²) in [7, 11) is 0. The van der Waals surface area contributed by atoms with Gasteiger partial charge in [-0.1, -0.05) is 19.9 Å². The molecule has 4 bridgehead atoms. The maximum Gasteiger partial charge on any atom is 0.318 e. The maximum absolute atomic E-state index is 13.3. The third-order valence-electron chi connectivity index (χ3n) is 7.20. The van der Waals surface area contributed by atoms with Crippen LogP contribution in [0.2, 0.25) is 0 Å². The summed E-state index contributed by atoms with van der Waals surface area (Å²) in [6.45, 7) is 7.11. The Bertz CT molecular complexity index is 970. The zero-order valence-electron chi connectivity index (χ0n) is 21.3. The van der Waals surface area contributed by atoms with Crippen molar-refractivity contribution in [2.75, 3.05) is 26.2 Å². The van der Waals surface area contributed by atoms with E-state index in [4.69, 9.17) is 9.47 Å². The fourth-order valence-corrected chi connectivity index (χ4v) is 5.10. The average Bonchev–Trinajstić information content (AvgIpc) is 3.27. The van der Waals surface area contributed by atoms with Gasteiger partial charge in [0.2, 0.25) is 5.91 Å². The molecule has 10 nitrogen and oxygen atoms in total. The number of likely N-dealkylation sites (tertiary alicyclic amines) is 1. The number of carbonyl (C=O) groups is 3. The van der Waals surface area contributed by atoms with Gasteiger partial charge in [0.05, 0.1) is 24.4 Å². The summed E-state index contributed by atoms with van der Waals surface area (Å²) >= 11 is 0. The fraction of sp³-hybridized carbons (Fsp3) is 0.654. The van der Waals surface area contributed by atoms with Crippen LogP contribution >= 0.6 is 0 Å². The molecule has 3 aliphatic heterocycles. The minimum atomic E-state index is -0.745. The molecule has 1 aromatic rings. The first-order chi connectivity index (χ1) is 17.3. The third kappa shape index (κ3) is 5.92. The van der Waals surface area contributed by atoms with Crippen LogP contribution in [0, 0.1) is 0 Å². The van der Waals surface area contributed by atoms with Gasteiger partial charge in [-0.15, -0.1) is 0 Å². The molecule has 2 fully saturated rings. The molecule has 4 amide bonds. The second kappa shape index (κ2) is 11.5. The lowest BCUT2D eigenvalue weighted by atomic mass is 9.99. The Balaban J connectivity index is 1.63. The summed E-state index contributed by atoms with van der Waals surface area (Å²) in [4.78, 5) is 40.6. The first-order valence-corrected chi connectivity index (χ1v) is 13.0. The summed E-state index contributed by atoms with van der Waals surface area (Å²) in [6.07, 6.45) is 0.797. The molecule has 0 aromatic heterocycles. The van der Waals surface area contributed by atoms with Crippen LogP contribution in [0.25, 0.3) is 0 Å². The number of hydrogen-bond donors (Lipinski definition) is 4. The lowest BCUT2D eigenvalue weighted by Crippen LogP contribution is -2.52. The number of nitrogens with one attached hydrogen (secondary N) is 3. The number of nitrogens with zero attached hydrogens (tertiary/aromatic N) is 1. The molecular weight excluding hydrogens is 464 g/mol. The van der Waals surface area contributed by atoms with Crippen LogP contribution in [0.15, 0.2) is 18.2 Å². The summed E-state index contributed by atoms with van der Waals surface area (Å²) < 4.78 is 12.2. The Morgan fingerprint density at radius 3 is 2.81 bits per heavy atom. The molecule has 0 saturated carbocycles. The van der Waals surface area contributed by atoms with Gasteiger partial charge in [0, 0.05) is 32.1 Å². The van der Waals surface area contributed by atoms with Gasteiger partial charge in [0.15, 0.2) is 0 Å². The van der Waals surface area contributed by atoms with E-state index in [9.17, 15) is 19.5 Å². The van der Waals surface area contributed by atoms with E-state index in [1.165, 1.54) is 4.90 Å². The first-order valence-electron chi connectivity index (χ1n) is 13.0. The number of aliphatic hydroxyl groups is 1. The summed E-state index contributed by atoms with van der Waals surface area (Å²) in [6, 6.07) is 4.10. The Labute approximate surface area is 212 Å². The number of hydrogen-bond acceptors (Lipinski definition) is 6. The molecule has 3 heterocycles. The highest BCUT2D eigenvalue weighted by Gasteiger charge is 2.41. The van der Waals surface area contributed by atoms with Gasteiger partial charge in [0.1, 0.15) is 17.9 Å². The van der Waals surface area contributed by atoms with E-state index in [0.29, 0.717) is 43.7 Å². The molecular formula is C26H38N4O6. The number of rotatable bonds is 2. The Morgan fingerprint density at radius 1 is 1.25 bits per heavy atom. The topological polar surface area (TPSA) is 129 Å². The Hall–Kier alpha value is -2.85. The van der Waals surface area contributed by atoms with Crippen LogP contribution in [-0.4, -0.2) is 84.5 Å². The van der Waals surface area contributed by atoms with Crippen LogP contribution in [0.4, 0.5) is 4.79 Å². The molecule has 4 rings (SSSR count). The molecule has 0 spiro atoms. The molecule has 2 saturated heterocycles. The van der Waals surface area contributed by atoms with E-state index in [1.807, 2.05) is 19.1 Å². The number of aliphatic hydroxyl groups excluding tert-OH is 1. The number of ether oxygens (including phenoxy) is 2. The molecule has 3 aliphatic rings. The standard InChI is InChI=1S/C26H38N4O6/c1-4-27-26(34)30-14-17-12-20(30)25(33)28-13-23-21(31)8-6-18(36-23)9-10-35-22-11-16(15(2)3)5-7-19(22)24(32)29-17/h5,7,11,15,17-18,20-21,23,31H,4,6,8-10,12-14H2,1-3H3,(H,27,34)(H,28,33)(H,29,32)/t17-,18-,20-,21-,23+/m0/s1. The molecule has 0 unspecified atom stereocenters. The van der Waals surface area contributed by atoms with Crippen molar-refractivity contribution in [2.24, 2.45) is 0 Å². The second-order valence-electron chi connectivity index (χ2n) is 10.1. The zero-order valence-corrected chi connectivity index (χ0v) is 21.3. The number of amides is 4. The molecule has 10 heteroatoms. The Morgan fingerprint density at radius 2 is 2.06 bits per heavy atom. The zero-order chi connectivity index (χ0) is 25.8. The molecule has 4 N–H and O–H groups in total. The summed E-state index contributed by atoms with van der Waals surface area (Å²) in [5, 5.41) is 19.1. The quantitative estimate of drug-likeness (QED) is 0.485. The molecule has 36 heavy (non-hydrogen) atoms. The maximum atomic E-state index is 13.3. The highest BCUT2D eigenvalue weighted by molar-refractivity contribution is 5.97. The van der Waals surface area contributed by atoms with Crippen LogP contribution < -0.4 is 20.7 Å². The largest absolute Gasteiger partial charge is 0.493 e. The number of benzene rings is 1. The minimum Gasteiger partial charge on any atom is -0.493 e. The van der Waals surface area contributed by atoms with Crippen molar-refractivity contribution in [1.82, 2.24) is 20.9 Å². The normalized spacial score (nSPS) is 29.1. The number of urea groups is 1. The van der Waals surface area contributed by atoms with Crippen molar-refractivity contribution in [3.8, 4) is 5.75 Å². The van der Waals surface area contributed by atoms with Crippen molar-refractivity contribution >= 4 is 17.8 Å². The van der Waals surface area contributed by atoms with Crippen LogP contribution in [0.1, 0.15) is 68.3 Å². The summed E-state index contributed by atoms with van der Waals surface area (Å²) in [5.41, 5.74) is 1.48. The van der Waals surface area contributed by atoms with Gasteiger partial charge in [-0.2, -0.15) is 0 Å². The van der Waals surface area contributed by atoms with E-state index in [-0.39, 0.29) is 49.4 Å². The minimum absolute atomic E-state index is 0.128. The van der Waals surface area contributed by atoms with Gasteiger partial charge in [-0.25, -0.2) is 4.79 Å². The third-order valence-corrected chi connectivity index (χ3v) is 7.20. The SMILES string of the molecule is CCNC(=O)N1C[C@@H]2C[C@H]1C(=O)NC[C@H]1O[C@H](CCOc3cc(C(C)C)ccc3C(=O)N2)CC[C@@H]1O. The first kappa shape index (κ1) is 26.2. The van der Waals surface area contributed by atoms with Crippen LogP contribution in [0.3, 0.4) is 0 Å². The van der Waals surface area contributed by atoms with Gasteiger partial charge in [-0.3, -0.25) is 9.59 Å². The molecule has 1 aromatic carbocycles. The van der Waals surface area contributed by atoms with Gasteiger partial charge >= 0.3 is 6.03 Å². The van der Waals surface area contributed by atoms with E-state index >= 15 is 0 Å². The van der Waals surface area contributed by atoms with Gasteiger partial charge < -0.3 is 35.4 Å². The van der Waals surface area contributed by atoms with E-state index < -0.39 is 24.3 Å². The van der Waals surface area contributed by atoms with E-state index in [1.54, 1.807) is 6.07 Å². The highest BCUT2D eigenvalue weighted by Crippen LogP contribution is 2.28. The second-order valence-corrected chi connectivity index (χ2v) is 10.1.